The lowest BCUT2D eigenvalue weighted by Crippen LogP contribution is -2.47. The Morgan fingerprint density at radius 1 is 0.862 bits per heavy atom. The molecule has 0 unspecified atom stereocenters. The lowest BCUT2D eigenvalue weighted by Gasteiger charge is -2.34. The normalized spacial score (nSPS) is 22.1. The van der Waals surface area contributed by atoms with Crippen LogP contribution in [0.2, 0.25) is 0 Å². The summed E-state index contributed by atoms with van der Waals surface area (Å²) >= 11 is 0. The predicted molar refractivity (Wildman–Crippen MR) is 111 cm³/mol. The van der Waals surface area contributed by atoms with Crippen molar-refractivity contribution in [1.82, 2.24) is 19.6 Å². The van der Waals surface area contributed by atoms with Crippen molar-refractivity contribution in [3.63, 3.8) is 0 Å². The number of hydrogen-bond donors (Lipinski definition) is 0. The molecule has 2 saturated heterocycles. The Labute approximate surface area is 172 Å². The van der Waals surface area contributed by atoms with Gasteiger partial charge in [0.2, 0.25) is 0 Å². The highest BCUT2D eigenvalue weighted by molar-refractivity contribution is 6.35. The first-order valence-corrected chi connectivity index (χ1v) is 10.5. The molecule has 0 spiro atoms. The molecule has 3 heterocycles. The average Bonchev–Trinajstić information content (AvgIpc) is 2.98. The van der Waals surface area contributed by atoms with Crippen LogP contribution >= 0.6 is 0 Å². The fourth-order valence-corrected chi connectivity index (χ4v) is 4.14. The Kier molecular flexibility index (Phi) is 5.99. The average molecular weight is 399 g/mol. The third kappa shape index (κ3) is 4.22. The van der Waals surface area contributed by atoms with E-state index in [4.69, 9.17) is 4.74 Å². The molecular formula is C22H30N4O3. The smallest absolute Gasteiger partial charge is 0.277 e. The number of hydrogen-bond acceptors (Lipinski definition) is 6. The maximum atomic E-state index is 13.4. The second kappa shape index (κ2) is 8.65. The van der Waals surface area contributed by atoms with Gasteiger partial charge in [-0.1, -0.05) is 29.8 Å². The van der Waals surface area contributed by atoms with Crippen LogP contribution in [0.1, 0.15) is 11.1 Å². The highest BCUT2D eigenvalue weighted by Crippen LogP contribution is 2.32. The zero-order chi connectivity index (χ0) is 20.4. The van der Waals surface area contributed by atoms with Crippen LogP contribution in [0.3, 0.4) is 0 Å². The highest BCUT2D eigenvalue weighted by Gasteiger charge is 2.41. The Morgan fingerprint density at radius 2 is 1.52 bits per heavy atom. The number of morpholine rings is 1. The molecule has 1 aromatic carbocycles. The molecule has 0 aromatic heterocycles. The Morgan fingerprint density at radius 3 is 2.17 bits per heavy atom. The quantitative estimate of drug-likeness (QED) is 0.679. The van der Waals surface area contributed by atoms with Crippen molar-refractivity contribution in [2.24, 2.45) is 0 Å². The molecule has 29 heavy (non-hydrogen) atoms. The number of carbonyl (C=O) groups excluding carboxylic acids is 2. The van der Waals surface area contributed by atoms with Crippen LogP contribution in [0.4, 0.5) is 0 Å². The van der Waals surface area contributed by atoms with Crippen LogP contribution in [-0.2, 0) is 14.3 Å². The summed E-state index contributed by atoms with van der Waals surface area (Å²) in [5, 5.41) is 0. The molecule has 0 aliphatic carbocycles. The minimum atomic E-state index is -0.166. The second-order valence-electron chi connectivity index (χ2n) is 8.10. The molecule has 3 aliphatic heterocycles. The summed E-state index contributed by atoms with van der Waals surface area (Å²) in [6, 6.07) is 7.91. The zero-order valence-corrected chi connectivity index (χ0v) is 17.4. The van der Waals surface area contributed by atoms with Crippen LogP contribution < -0.4 is 0 Å². The summed E-state index contributed by atoms with van der Waals surface area (Å²) < 4.78 is 5.40. The fourth-order valence-electron chi connectivity index (χ4n) is 4.14. The van der Waals surface area contributed by atoms with Crippen molar-refractivity contribution in [1.29, 1.82) is 0 Å². The van der Waals surface area contributed by atoms with Gasteiger partial charge in [-0.2, -0.15) is 0 Å². The number of piperazine rings is 1. The number of rotatable bonds is 5. The van der Waals surface area contributed by atoms with Gasteiger partial charge < -0.3 is 14.5 Å². The number of nitrogens with zero attached hydrogens (tertiary/aromatic N) is 4. The van der Waals surface area contributed by atoms with Crippen molar-refractivity contribution in [3.8, 4) is 0 Å². The molecule has 0 atom stereocenters. The molecule has 2 fully saturated rings. The van der Waals surface area contributed by atoms with E-state index in [1.165, 1.54) is 4.90 Å². The third-order valence-electron chi connectivity index (χ3n) is 6.05. The second-order valence-corrected chi connectivity index (χ2v) is 8.10. The third-order valence-corrected chi connectivity index (χ3v) is 6.05. The number of ether oxygens (including phenoxy) is 1. The number of likely N-dealkylation sites (N-methyl/N-ethyl adjacent to an activating group) is 1. The first kappa shape index (κ1) is 20.1. The van der Waals surface area contributed by atoms with Crippen molar-refractivity contribution < 1.29 is 14.3 Å². The molecule has 1 aromatic rings. The number of benzene rings is 1. The molecule has 7 heteroatoms. The van der Waals surface area contributed by atoms with Crippen LogP contribution in [-0.4, -0.2) is 104 Å². The van der Waals surface area contributed by atoms with Gasteiger partial charge in [-0.3, -0.25) is 19.4 Å². The van der Waals surface area contributed by atoms with Gasteiger partial charge in [0, 0.05) is 52.4 Å². The summed E-state index contributed by atoms with van der Waals surface area (Å²) in [7, 11) is 2.09. The van der Waals surface area contributed by atoms with Gasteiger partial charge in [-0.25, -0.2) is 0 Å². The van der Waals surface area contributed by atoms with E-state index >= 15 is 0 Å². The van der Waals surface area contributed by atoms with E-state index in [1.54, 1.807) is 0 Å². The first-order chi connectivity index (χ1) is 14.0. The summed E-state index contributed by atoms with van der Waals surface area (Å²) in [6.07, 6.45) is 0. The largest absolute Gasteiger partial charge is 0.379 e. The first-order valence-electron chi connectivity index (χ1n) is 10.5. The zero-order valence-electron chi connectivity index (χ0n) is 17.4. The highest BCUT2D eigenvalue weighted by atomic mass is 16.5. The standard InChI is InChI=1S/C22H30N4O3/c1-17-3-5-18(6-4-17)19-20(25-10-7-23(2)8-11-25)22(28)26(21(19)27)12-9-24-13-15-29-16-14-24/h3-6H,7-16H2,1-2H3. The molecule has 0 N–H and O–H groups in total. The molecule has 0 saturated carbocycles. The maximum Gasteiger partial charge on any atom is 0.277 e. The monoisotopic (exact) mass is 398 g/mol. The van der Waals surface area contributed by atoms with E-state index in [1.807, 2.05) is 31.2 Å². The summed E-state index contributed by atoms with van der Waals surface area (Å²) in [4.78, 5) is 34.8. The van der Waals surface area contributed by atoms with Crippen LogP contribution in [0.5, 0.6) is 0 Å². The molecule has 0 radical (unpaired) electrons. The SMILES string of the molecule is Cc1ccc(C2=C(N3CCN(C)CC3)C(=O)N(CCN3CCOCC3)C2=O)cc1. The Hall–Kier alpha value is -2.22. The van der Waals surface area contributed by atoms with E-state index in [0.29, 0.717) is 37.6 Å². The lowest BCUT2D eigenvalue weighted by molar-refractivity contribution is -0.138. The van der Waals surface area contributed by atoms with Crippen molar-refractivity contribution >= 4 is 17.4 Å². The van der Waals surface area contributed by atoms with Gasteiger partial charge in [-0.15, -0.1) is 0 Å². The minimum Gasteiger partial charge on any atom is -0.379 e. The van der Waals surface area contributed by atoms with Crippen molar-refractivity contribution in [3.05, 3.63) is 41.1 Å². The van der Waals surface area contributed by atoms with E-state index in [0.717, 1.165) is 50.4 Å². The number of aryl methyl sites for hydroxylation is 1. The number of imide groups is 1. The van der Waals surface area contributed by atoms with Crippen LogP contribution in [0.25, 0.3) is 5.57 Å². The molecule has 3 aliphatic rings. The Bertz CT molecular complexity index is 791. The maximum absolute atomic E-state index is 13.4. The van der Waals surface area contributed by atoms with Gasteiger partial charge in [0.15, 0.2) is 0 Å². The number of amides is 2. The van der Waals surface area contributed by atoms with Gasteiger partial charge in [-0.05, 0) is 19.5 Å². The van der Waals surface area contributed by atoms with Crippen molar-refractivity contribution in [2.75, 3.05) is 72.6 Å². The van der Waals surface area contributed by atoms with E-state index in [2.05, 4.69) is 21.7 Å². The van der Waals surface area contributed by atoms with Crippen LogP contribution in [0.15, 0.2) is 30.0 Å². The number of carbonyl (C=O) groups is 2. The summed E-state index contributed by atoms with van der Waals surface area (Å²) in [5.74, 6) is -0.315. The molecule has 0 bridgehead atoms. The van der Waals surface area contributed by atoms with Crippen LogP contribution in [0, 0.1) is 6.92 Å². The molecule has 7 nitrogen and oxygen atoms in total. The molecule has 156 valence electrons. The van der Waals surface area contributed by atoms with Gasteiger partial charge >= 0.3 is 0 Å². The summed E-state index contributed by atoms with van der Waals surface area (Å²) in [6.45, 7) is 9.55. The van der Waals surface area contributed by atoms with E-state index in [9.17, 15) is 9.59 Å². The molecular weight excluding hydrogens is 368 g/mol. The topological polar surface area (TPSA) is 56.3 Å². The van der Waals surface area contributed by atoms with Gasteiger partial charge in [0.1, 0.15) is 5.70 Å². The van der Waals surface area contributed by atoms with Gasteiger partial charge in [0.05, 0.1) is 18.8 Å². The minimum absolute atomic E-state index is 0.150. The molecule has 4 rings (SSSR count). The van der Waals surface area contributed by atoms with E-state index < -0.39 is 0 Å². The van der Waals surface area contributed by atoms with Crippen molar-refractivity contribution in [2.45, 2.75) is 6.92 Å². The Balaban J connectivity index is 1.59. The van der Waals surface area contributed by atoms with E-state index in [-0.39, 0.29) is 11.8 Å². The molecule has 2 amide bonds. The fraction of sp³-hybridized carbons (Fsp3) is 0.545. The summed E-state index contributed by atoms with van der Waals surface area (Å²) in [5.41, 5.74) is 3.10. The van der Waals surface area contributed by atoms with Gasteiger partial charge in [0.25, 0.3) is 11.8 Å². The predicted octanol–water partition coefficient (Wildman–Crippen LogP) is 0.655. The lowest BCUT2D eigenvalue weighted by atomic mass is 10.0.